The Morgan fingerprint density at radius 1 is 1.38 bits per heavy atom. The Bertz CT molecular complexity index is 280. The highest BCUT2D eigenvalue weighted by atomic mass is 16.5. The van der Waals surface area contributed by atoms with Crippen molar-refractivity contribution in [2.75, 3.05) is 20.2 Å². The molecule has 0 aromatic heterocycles. The number of hydrogen-bond acceptors (Lipinski definition) is 2. The summed E-state index contributed by atoms with van der Waals surface area (Å²) >= 11 is 0. The average Bonchev–Trinajstić information content (AvgIpc) is 2.82. The minimum atomic E-state index is 0.200. The van der Waals surface area contributed by atoms with Gasteiger partial charge in [-0.3, -0.25) is 4.79 Å². The summed E-state index contributed by atoms with van der Waals surface area (Å²) in [5, 5.41) is 0. The molecule has 3 nitrogen and oxygen atoms in total. The van der Waals surface area contributed by atoms with Crippen LogP contribution in [0.15, 0.2) is 12.2 Å². The van der Waals surface area contributed by atoms with Crippen molar-refractivity contribution in [1.29, 1.82) is 0 Å². The van der Waals surface area contributed by atoms with Crippen LogP contribution in [0.3, 0.4) is 0 Å². The Labute approximate surface area is 97.5 Å². The number of piperidine rings is 1. The number of carbonyl (C=O) groups excluding carboxylic acids is 1. The minimum absolute atomic E-state index is 0.200. The molecule has 0 saturated carbocycles. The van der Waals surface area contributed by atoms with Gasteiger partial charge in [0.1, 0.15) is 0 Å². The highest BCUT2D eigenvalue weighted by molar-refractivity contribution is 5.79. The number of ether oxygens (including phenoxy) is 1. The predicted octanol–water partition coefficient (Wildman–Crippen LogP) is 1.84. The molecule has 90 valence electrons. The molecule has 0 spiro atoms. The van der Waals surface area contributed by atoms with Crippen LogP contribution in [0.2, 0.25) is 0 Å². The molecule has 1 aliphatic carbocycles. The van der Waals surface area contributed by atoms with Gasteiger partial charge in [0.15, 0.2) is 0 Å². The van der Waals surface area contributed by atoms with E-state index in [1.807, 2.05) is 4.90 Å². The lowest BCUT2D eigenvalue weighted by Crippen LogP contribution is -2.48. The second kappa shape index (κ2) is 5.00. The van der Waals surface area contributed by atoms with E-state index < -0.39 is 0 Å². The van der Waals surface area contributed by atoms with E-state index in [0.29, 0.717) is 11.8 Å². The van der Waals surface area contributed by atoms with Crippen LogP contribution >= 0.6 is 0 Å². The fourth-order valence-corrected chi connectivity index (χ4v) is 2.62. The van der Waals surface area contributed by atoms with E-state index in [9.17, 15) is 4.79 Å². The van der Waals surface area contributed by atoms with Crippen molar-refractivity contribution in [3.8, 4) is 0 Å². The molecule has 2 atom stereocenters. The zero-order valence-electron chi connectivity index (χ0n) is 10.2. The molecule has 0 bridgehead atoms. The van der Waals surface area contributed by atoms with Gasteiger partial charge in [-0.25, -0.2) is 0 Å². The highest BCUT2D eigenvalue weighted by Crippen LogP contribution is 2.25. The number of methoxy groups -OCH3 is 1. The summed E-state index contributed by atoms with van der Waals surface area (Å²) in [7, 11) is 1.74. The number of nitrogens with zero attached hydrogens (tertiary/aromatic N) is 1. The van der Waals surface area contributed by atoms with Gasteiger partial charge in [-0.05, 0) is 25.2 Å². The van der Waals surface area contributed by atoms with Gasteiger partial charge in [-0.1, -0.05) is 19.1 Å². The van der Waals surface area contributed by atoms with Crippen LogP contribution in [-0.4, -0.2) is 37.1 Å². The van der Waals surface area contributed by atoms with E-state index in [1.165, 1.54) is 0 Å². The molecular weight excluding hydrogens is 202 g/mol. The van der Waals surface area contributed by atoms with Crippen LogP contribution in [0.5, 0.6) is 0 Å². The summed E-state index contributed by atoms with van der Waals surface area (Å²) < 4.78 is 5.44. The molecule has 3 heteroatoms. The van der Waals surface area contributed by atoms with Crippen LogP contribution < -0.4 is 0 Å². The van der Waals surface area contributed by atoms with Gasteiger partial charge in [0.2, 0.25) is 5.91 Å². The molecule has 0 unspecified atom stereocenters. The first-order chi connectivity index (χ1) is 7.72. The average molecular weight is 223 g/mol. The third-order valence-corrected chi connectivity index (χ3v) is 3.86. The first kappa shape index (κ1) is 11.6. The number of hydrogen-bond donors (Lipinski definition) is 0. The number of carbonyl (C=O) groups is 1. The normalized spacial score (nSPS) is 31.0. The molecule has 1 aliphatic heterocycles. The summed E-state index contributed by atoms with van der Waals surface area (Å²) in [5.74, 6) is 1.08. The molecule has 0 radical (unpaired) electrons. The Hall–Kier alpha value is -0.830. The zero-order valence-corrected chi connectivity index (χ0v) is 10.2. The van der Waals surface area contributed by atoms with Crippen molar-refractivity contribution in [2.24, 2.45) is 11.8 Å². The van der Waals surface area contributed by atoms with E-state index in [0.717, 1.165) is 32.4 Å². The third kappa shape index (κ3) is 2.29. The van der Waals surface area contributed by atoms with Crippen molar-refractivity contribution in [3.05, 3.63) is 12.2 Å². The Morgan fingerprint density at radius 3 is 2.69 bits per heavy atom. The zero-order chi connectivity index (χ0) is 11.5. The highest BCUT2D eigenvalue weighted by Gasteiger charge is 2.32. The quantitative estimate of drug-likeness (QED) is 0.668. The van der Waals surface area contributed by atoms with Crippen LogP contribution in [0.1, 0.15) is 26.2 Å². The molecule has 1 heterocycles. The summed E-state index contributed by atoms with van der Waals surface area (Å²) in [4.78, 5) is 14.2. The predicted molar refractivity (Wildman–Crippen MR) is 63.0 cm³/mol. The number of likely N-dealkylation sites (tertiary alicyclic amines) is 1. The van der Waals surface area contributed by atoms with Crippen molar-refractivity contribution in [3.63, 3.8) is 0 Å². The van der Waals surface area contributed by atoms with E-state index in [1.54, 1.807) is 7.11 Å². The second-order valence-corrected chi connectivity index (χ2v) is 4.96. The van der Waals surface area contributed by atoms with Crippen LogP contribution in [-0.2, 0) is 9.53 Å². The first-order valence-corrected chi connectivity index (χ1v) is 6.19. The molecule has 1 saturated heterocycles. The topological polar surface area (TPSA) is 29.5 Å². The van der Waals surface area contributed by atoms with E-state index in [4.69, 9.17) is 4.74 Å². The van der Waals surface area contributed by atoms with E-state index in [-0.39, 0.29) is 12.0 Å². The Balaban J connectivity index is 1.92. The summed E-state index contributed by atoms with van der Waals surface area (Å²) in [6.45, 7) is 3.87. The van der Waals surface area contributed by atoms with Gasteiger partial charge in [-0.15, -0.1) is 0 Å². The largest absolute Gasteiger partial charge is 0.379 e. The number of rotatable bonds is 2. The van der Waals surface area contributed by atoms with Crippen LogP contribution in [0, 0.1) is 11.8 Å². The maximum Gasteiger partial charge on any atom is 0.226 e. The smallest absolute Gasteiger partial charge is 0.226 e. The third-order valence-electron chi connectivity index (χ3n) is 3.86. The molecule has 2 rings (SSSR count). The fraction of sp³-hybridized carbons (Fsp3) is 0.769. The Morgan fingerprint density at radius 2 is 2.06 bits per heavy atom. The molecular formula is C13H21NO2. The van der Waals surface area contributed by atoms with Crippen molar-refractivity contribution < 1.29 is 9.53 Å². The monoisotopic (exact) mass is 223 g/mol. The summed E-state index contributed by atoms with van der Waals surface area (Å²) in [6, 6.07) is 0. The lowest BCUT2D eigenvalue weighted by Gasteiger charge is -2.37. The van der Waals surface area contributed by atoms with Gasteiger partial charge in [0.25, 0.3) is 0 Å². The van der Waals surface area contributed by atoms with Crippen LogP contribution in [0.25, 0.3) is 0 Å². The molecule has 0 aromatic carbocycles. The molecule has 1 amide bonds. The van der Waals surface area contributed by atoms with Crippen LogP contribution in [0.4, 0.5) is 0 Å². The second-order valence-electron chi connectivity index (χ2n) is 4.96. The summed E-state index contributed by atoms with van der Waals surface area (Å²) in [5.41, 5.74) is 0. The van der Waals surface area contributed by atoms with Gasteiger partial charge >= 0.3 is 0 Å². The van der Waals surface area contributed by atoms with Gasteiger partial charge in [-0.2, -0.15) is 0 Å². The molecule has 0 N–H and O–H groups in total. The van der Waals surface area contributed by atoms with Crippen molar-refractivity contribution in [2.45, 2.75) is 32.3 Å². The lowest BCUT2D eigenvalue weighted by molar-refractivity contribution is -0.140. The Kier molecular flexibility index (Phi) is 3.64. The van der Waals surface area contributed by atoms with E-state index >= 15 is 0 Å². The van der Waals surface area contributed by atoms with Crippen molar-refractivity contribution in [1.82, 2.24) is 4.90 Å². The molecule has 16 heavy (non-hydrogen) atoms. The number of amides is 1. The summed E-state index contributed by atoms with van der Waals surface area (Å²) in [6.07, 6.45) is 7.34. The van der Waals surface area contributed by atoms with E-state index in [2.05, 4.69) is 19.1 Å². The molecule has 1 fully saturated rings. The SMILES string of the molecule is CO[C@@H]1CN(C(=O)C2CC=CC2)CC[C@H]1C. The van der Waals surface area contributed by atoms with Gasteiger partial charge < -0.3 is 9.64 Å². The fourth-order valence-electron chi connectivity index (χ4n) is 2.62. The molecule has 0 aromatic rings. The lowest BCUT2D eigenvalue weighted by atomic mass is 9.94. The maximum absolute atomic E-state index is 12.2. The maximum atomic E-state index is 12.2. The number of allylic oxidation sites excluding steroid dienone is 2. The van der Waals surface area contributed by atoms with Crippen molar-refractivity contribution >= 4 is 5.91 Å². The minimum Gasteiger partial charge on any atom is -0.379 e. The van der Waals surface area contributed by atoms with Gasteiger partial charge in [0, 0.05) is 26.1 Å². The standard InChI is InChI=1S/C13H21NO2/c1-10-7-8-14(9-12(10)16-2)13(15)11-5-3-4-6-11/h3-4,10-12H,5-9H2,1-2H3/t10-,12-/m1/s1. The molecule has 2 aliphatic rings. The first-order valence-electron chi connectivity index (χ1n) is 6.19. The van der Waals surface area contributed by atoms with Gasteiger partial charge in [0.05, 0.1) is 6.10 Å².